The quantitative estimate of drug-likeness (QED) is 0.332. The number of methoxy groups -OCH3 is 1. The second-order valence-electron chi connectivity index (χ2n) is 8.31. The first-order valence-electron chi connectivity index (χ1n) is 11.1. The van der Waals surface area contributed by atoms with Crippen LogP contribution in [-0.2, 0) is 0 Å². The first-order chi connectivity index (χ1) is 16.5. The third-order valence-corrected chi connectivity index (χ3v) is 6.95. The van der Waals surface area contributed by atoms with Gasteiger partial charge in [0.1, 0.15) is 5.75 Å². The molecular formula is C27H25ClN4OS. The number of hydrogen-bond acceptors (Lipinski definition) is 3. The van der Waals surface area contributed by atoms with E-state index < -0.39 is 0 Å². The molecule has 4 aromatic rings. The number of nitrogens with one attached hydrogen (secondary N) is 1. The van der Waals surface area contributed by atoms with E-state index >= 15 is 0 Å². The summed E-state index contributed by atoms with van der Waals surface area (Å²) in [5, 5.41) is 4.89. The van der Waals surface area contributed by atoms with Crippen LogP contribution in [0.25, 0.3) is 5.69 Å². The van der Waals surface area contributed by atoms with Crippen molar-refractivity contribution in [3.63, 3.8) is 0 Å². The number of ether oxygens (including phenoxy) is 1. The number of anilines is 1. The van der Waals surface area contributed by atoms with E-state index in [2.05, 4.69) is 45.7 Å². The maximum Gasteiger partial charge on any atom is 0.174 e. The molecule has 0 amide bonds. The Labute approximate surface area is 210 Å². The van der Waals surface area contributed by atoms with Gasteiger partial charge in [0.25, 0.3) is 0 Å². The van der Waals surface area contributed by atoms with Crippen LogP contribution in [-0.4, -0.2) is 21.8 Å². The van der Waals surface area contributed by atoms with Crippen molar-refractivity contribution in [2.75, 3.05) is 12.0 Å². The minimum Gasteiger partial charge on any atom is -0.497 e. The van der Waals surface area contributed by atoms with Crippen molar-refractivity contribution in [1.82, 2.24) is 14.9 Å². The lowest BCUT2D eigenvalue weighted by Crippen LogP contribution is -2.29. The maximum atomic E-state index is 6.59. The highest BCUT2D eigenvalue weighted by atomic mass is 35.5. The number of aromatic nitrogens is 2. The summed E-state index contributed by atoms with van der Waals surface area (Å²) in [6, 6.07) is 23.8. The van der Waals surface area contributed by atoms with Crippen molar-refractivity contribution in [3.05, 3.63) is 107 Å². The molecule has 1 N–H and O–H groups in total. The number of halogens is 1. The number of pyridine rings is 1. The smallest absolute Gasteiger partial charge is 0.174 e. The second-order valence-corrected chi connectivity index (χ2v) is 9.11. The molecular weight excluding hydrogens is 464 g/mol. The number of rotatable bonds is 5. The molecule has 7 heteroatoms. The van der Waals surface area contributed by atoms with Gasteiger partial charge in [-0.05, 0) is 74.1 Å². The van der Waals surface area contributed by atoms with Crippen LogP contribution in [0.15, 0.2) is 79.0 Å². The lowest BCUT2D eigenvalue weighted by Gasteiger charge is -2.28. The highest BCUT2D eigenvalue weighted by molar-refractivity contribution is 7.80. The van der Waals surface area contributed by atoms with E-state index in [-0.39, 0.29) is 12.1 Å². The summed E-state index contributed by atoms with van der Waals surface area (Å²) in [6.07, 6.45) is 1.82. The van der Waals surface area contributed by atoms with Crippen LogP contribution in [0.2, 0.25) is 5.02 Å². The summed E-state index contributed by atoms with van der Waals surface area (Å²) in [7, 11) is 1.67. The normalized spacial score (nSPS) is 17.6. The average Bonchev–Trinajstić information content (AvgIpc) is 3.35. The number of para-hydroxylation sites is 1. The Balaban J connectivity index is 1.70. The second kappa shape index (κ2) is 9.12. The Morgan fingerprint density at radius 2 is 1.79 bits per heavy atom. The fourth-order valence-electron chi connectivity index (χ4n) is 4.80. The van der Waals surface area contributed by atoms with E-state index in [0.29, 0.717) is 10.1 Å². The standard InChI is InChI=1S/C27H25ClN4OS/c1-17-15-21(18(2)31(17)24-13-5-4-11-22(24)28)26-25(23-12-6-7-14-29-23)30-27(34)32(26)19-9-8-10-20(16-19)33-3/h4-16,25-26H,1-3H3,(H,30,34)/t25-,26-/m0/s1. The molecule has 2 aromatic carbocycles. The molecule has 0 bridgehead atoms. The predicted octanol–water partition coefficient (Wildman–Crippen LogP) is 6.33. The first-order valence-corrected chi connectivity index (χ1v) is 11.9. The number of nitrogens with zero attached hydrogens (tertiary/aromatic N) is 3. The maximum absolute atomic E-state index is 6.59. The largest absolute Gasteiger partial charge is 0.497 e. The fraction of sp³-hybridized carbons (Fsp3) is 0.185. The zero-order valence-corrected chi connectivity index (χ0v) is 20.8. The van der Waals surface area contributed by atoms with Gasteiger partial charge in [-0.2, -0.15) is 0 Å². The van der Waals surface area contributed by atoms with Gasteiger partial charge in [-0.3, -0.25) is 4.98 Å². The Morgan fingerprint density at radius 3 is 2.53 bits per heavy atom. The predicted molar refractivity (Wildman–Crippen MR) is 141 cm³/mol. The number of benzene rings is 2. The third kappa shape index (κ3) is 3.83. The van der Waals surface area contributed by atoms with Crippen LogP contribution in [0.1, 0.15) is 34.7 Å². The van der Waals surface area contributed by atoms with Crippen LogP contribution in [0, 0.1) is 13.8 Å². The Morgan fingerprint density at radius 1 is 1.00 bits per heavy atom. The molecule has 0 unspecified atom stereocenters. The van der Waals surface area contributed by atoms with E-state index in [9.17, 15) is 0 Å². The fourth-order valence-corrected chi connectivity index (χ4v) is 5.37. The van der Waals surface area contributed by atoms with Crippen LogP contribution in [0.4, 0.5) is 5.69 Å². The molecule has 2 atom stereocenters. The average molecular weight is 489 g/mol. The minimum absolute atomic E-state index is 0.114. The summed E-state index contributed by atoms with van der Waals surface area (Å²) in [6.45, 7) is 4.23. The number of aryl methyl sites for hydroxylation is 1. The van der Waals surface area contributed by atoms with Gasteiger partial charge in [0, 0.05) is 29.3 Å². The van der Waals surface area contributed by atoms with Crippen molar-refractivity contribution in [1.29, 1.82) is 0 Å². The molecule has 172 valence electrons. The number of thiocarbonyl (C=S) groups is 1. The van der Waals surface area contributed by atoms with E-state index in [4.69, 9.17) is 28.6 Å². The van der Waals surface area contributed by atoms with Crippen LogP contribution >= 0.6 is 23.8 Å². The molecule has 3 heterocycles. The Bertz CT molecular complexity index is 1350. The molecule has 0 aliphatic carbocycles. The van der Waals surface area contributed by atoms with Gasteiger partial charge < -0.3 is 19.5 Å². The monoisotopic (exact) mass is 488 g/mol. The molecule has 1 fully saturated rings. The SMILES string of the molecule is COc1cccc(N2C(=S)N[C@@H](c3ccccn3)[C@@H]2c2cc(C)n(-c3ccccc3Cl)c2C)c1. The zero-order valence-electron chi connectivity index (χ0n) is 19.2. The third-order valence-electron chi connectivity index (χ3n) is 6.31. The molecule has 34 heavy (non-hydrogen) atoms. The van der Waals surface area contributed by atoms with Gasteiger partial charge in [0.05, 0.1) is 35.6 Å². The molecule has 5 nitrogen and oxygen atoms in total. The van der Waals surface area contributed by atoms with Gasteiger partial charge in [0.15, 0.2) is 5.11 Å². The van der Waals surface area contributed by atoms with Gasteiger partial charge in [-0.1, -0.05) is 35.9 Å². The van der Waals surface area contributed by atoms with E-state index in [1.54, 1.807) is 7.11 Å². The summed E-state index contributed by atoms with van der Waals surface area (Å²) in [4.78, 5) is 6.83. The molecule has 1 saturated heterocycles. The zero-order chi connectivity index (χ0) is 23.8. The Hall–Kier alpha value is -3.35. The van der Waals surface area contributed by atoms with Gasteiger partial charge in [-0.25, -0.2) is 0 Å². The summed E-state index contributed by atoms with van der Waals surface area (Å²) in [5.41, 5.74) is 6.22. The van der Waals surface area contributed by atoms with Crippen LogP contribution < -0.4 is 15.0 Å². The van der Waals surface area contributed by atoms with Crippen LogP contribution in [0.3, 0.4) is 0 Å². The lowest BCUT2D eigenvalue weighted by atomic mass is 9.96. The van der Waals surface area contributed by atoms with Gasteiger partial charge in [-0.15, -0.1) is 0 Å². The highest BCUT2D eigenvalue weighted by Crippen LogP contribution is 2.44. The lowest BCUT2D eigenvalue weighted by molar-refractivity contribution is 0.415. The Kier molecular flexibility index (Phi) is 6.02. The van der Waals surface area contributed by atoms with Gasteiger partial charge in [0.2, 0.25) is 0 Å². The first kappa shape index (κ1) is 22.4. The summed E-state index contributed by atoms with van der Waals surface area (Å²) < 4.78 is 7.71. The van der Waals surface area contributed by atoms with Gasteiger partial charge >= 0.3 is 0 Å². The van der Waals surface area contributed by atoms with E-state index in [1.165, 1.54) is 0 Å². The molecule has 0 saturated carbocycles. The summed E-state index contributed by atoms with van der Waals surface area (Å²) >= 11 is 12.5. The molecule has 5 rings (SSSR count). The number of hydrogen-bond donors (Lipinski definition) is 1. The van der Waals surface area contributed by atoms with Crippen molar-refractivity contribution in [2.45, 2.75) is 25.9 Å². The molecule has 0 radical (unpaired) electrons. The van der Waals surface area contributed by atoms with Crippen molar-refractivity contribution in [2.24, 2.45) is 0 Å². The van der Waals surface area contributed by atoms with Crippen molar-refractivity contribution >= 4 is 34.6 Å². The highest BCUT2D eigenvalue weighted by Gasteiger charge is 2.42. The topological polar surface area (TPSA) is 42.3 Å². The molecule has 1 aliphatic heterocycles. The van der Waals surface area contributed by atoms with Crippen LogP contribution in [0.5, 0.6) is 5.75 Å². The van der Waals surface area contributed by atoms with Crippen molar-refractivity contribution in [3.8, 4) is 11.4 Å². The van der Waals surface area contributed by atoms with E-state index in [1.807, 2.05) is 66.9 Å². The summed E-state index contributed by atoms with van der Waals surface area (Å²) in [5.74, 6) is 0.780. The molecule has 0 spiro atoms. The molecule has 2 aromatic heterocycles. The van der Waals surface area contributed by atoms with E-state index in [0.717, 1.165) is 39.8 Å². The van der Waals surface area contributed by atoms with Crippen molar-refractivity contribution < 1.29 is 4.74 Å². The minimum atomic E-state index is -0.125. The molecule has 1 aliphatic rings.